The molecule has 0 nitrogen and oxygen atoms in total. The topological polar surface area (TPSA) is 0 Å². The maximum absolute atomic E-state index is 2.43. The van der Waals surface area contributed by atoms with Crippen LogP contribution in [0, 0.1) is 0 Å². The Bertz CT molecular complexity index is 381. The predicted molar refractivity (Wildman–Crippen MR) is 101 cm³/mol. The first kappa shape index (κ1) is 19.4. The van der Waals surface area contributed by atoms with E-state index in [1.165, 1.54) is 78.9 Å². The van der Waals surface area contributed by atoms with Crippen LogP contribution >= 0.6 is 8.95 Å². The third-order valence-corrected chi connectivity index (χ3v) is 9.34. The first-order valence-electron chi connectivity index (χ1n) is 8.70. The zero-order valence-corrected chi connectivity index (χ0v) is 18.3. The Morgan fingerprint density at radius 2 is 1.48 bits per heavy atom. The molecule has 0 atom stereocenters. The first-order chi connectivity index (χ1) is 10.2. The molecule has 0 N–H and O–H groups in total. The van der Waals surface area contributed by atoms with Crippen molar-refractivity contribution in [3.05, 3.63) is 35.4 Å². The number of benzene rings is 1. The maximum atomic E-state index is 2.43. The van der Waals surface area contributed by atoms with Crippen LogP contribution in [0.25, 0.3) is 0 Å². The molecule has 0 amide bonds. The fourth-order valence-electron chi connectivity index (χ4n) is 3.05. The van der Waals surface area contributed by atoms with Crippen molar-refractivity contribution >= 4 is 30.1 Å². The van der Waals surface area contributed by atoms with Gasteiger partial charge in [0, 0.05) is 0 Å². The minimum absolute atomic E-state index is 0.401. The summed E-state index contributed by atoms with van der Waals surface area (Å²) in [6.07, 6.45) is 11.9. The van der Waals surface area contributed by atoms with E-state index >= 15 is 0 Å². The molecule has 0 heterocycles. The molecule has 118 valence electrons. The van der Waals surface area contributed by atoms with Crippen LogP contribution in [-0.2, 0) is 11.2 Å². The molecule has 1 aromatic rings. The molecule has 0 saturated carbocycles. The molecule has 0 aliphatic heterocycles. The standard InChI is InChI=1S/C19H32S.Sn.H/c1-4-7-12-17-13-10-11-14-18(17)19(20,15-8-5-2)16-9-6-3;;/h10-11,13-14,20H,4-9,12,15-16H2,1-3H3;;/q;+1;/p-1. The van der Waals surface area contributed by atoms with Gasteiger partial charge in [0.05, 0.1) is 0 Å². The van der Waals surface area contributed by atoms with Crippen LogP contribution in [0.15, 0.2) is 24.3 Å². The number of unbranched alkanes of at least 4 members (excludes halogenated alkanes) is 3. The molecule has 1 rings (SSSR count). The van der Waals surface area contributed by atoms with Crippen LogP contribution in [-0.4, -0.2) is 21.1 Å². The molecule has 1 aromatic carbocycles. The van der Waals surface area contributed by atoms with E-state index in [9.17, 15) is 0 Å². The van der Waals surface area contributed by atoms with Gasteiger partial charge in [0.15, 0.2) is 0 Å². The van der Waals surface area contributed by atoms with Gasteiger partial charge in [-0.25, -0.2) is 0 Å². The van der Waals surface area contributed by atoms with Crippen molar-refractivity contribution in [3.8, 4) is 0 Å². The fraction of sp³-hybridized carbons (Fsp3) is 0.684. The summed E-state index contributed by atoms with van der Waals surface area (Å²) in [5.41, 5.74) is 3.28. The Hall–Kier alpha value is 0.369. The fourth-order valence-corrected chi connectivity index (χ4v) is 7.01. The number of rotatable bonds is 11. The number of aryl methyl sites for hydroxylation is 1. The summed E-state index contributed by atoms with van der Waals surface area (Å²) in [7, 11) is 2.23. The number of hydrogen-bond acceptors (Lipinski definition) is 1. The second kappa shape index (κ2) is 11.0. The van der Waals surface area contributed by atoms with E-state index in [1.54, 1.807) is 11.1 Å². The Balaban J connectivity index is 3.10. The molecule has 0 bridgehead atoms. The van der Waals surface area contributed by atoms with Crippen molar-refractivity contribution in [3.63, 3.8) is 0 Å². The minimum atomic E-state index is 0.401. The average molecular weight is 411 g/mol. The van der Waals surface area contributed by atoms with Crippen molar-refractivity contribution in [2.75, 3.05) is 0 Å². The Labute approximate surface area is 148 Å². The van der Waals surface area contributed by atoms with Crippen LogP contribution in [0.1, 0.15) is 83.3 Å². The molecular weight excluding hydrogens is 379 g/mol. The van der Waals surface area contributed by atoms with E-state index in [0.717, 1.165) is 0 Å². The molecule has 0 unspecified atom stereocenters. The Kier molecular flexibility index (Phi) is 10.2. The van der Waals surface area contributed by atoms with Crippen molar-refractivity contribution in [2.24, 2.45) is 0 Å². The third kappa shape index (κ3) is 5.82. The summed E-state index contributed by atoms with van der Waals surface area (Å²) < 4.78 is 0.401. The zero-order chi connectivity index (χ0) is 15.6. The van der Waals surface area contributed by atoms with E-state index in [1.807, 2.05) is 0 Å². The quantitative estimate of drug-likeness (QED) is 0.394. The van der Waals surface area contributed by atoms with Gasteiger partial charge < -0.3 is 0 Å². The van der Waals surface area contributed by atoms with E-state index in [0.29, 0.717) is 4.75 Å². The summed E-state index contributed by atoms with van der Waals surface area (Å²) >= 11 is 1.30. The first-order valence-corrected chi connectivity index (χ1v) is 13.6. The SMILES string of the molecule is CCCCc1ccccc1C(CCCC)(CCCC)[S][SnH]. The summed E-state index contributed by atoms with van der Waals surface area (Å²) in [6.45, 7) is 6.94. The van der Waals surface area contributed by atoms with E-state index in [2.05, 4.69) is 54.0 Å². The van der Waals surface area contributed by atoms with Gasteiger partial charge in [0.2, 0.25) is 0 Å². The van der Waals surface area contributed by atoms with Gasteiger partial charge in [-0.15, -0.1) is 0 Å². The van der Waals surface area contributed by atoms with Crippen molar-refractivity contribution < 1.29 is 0 Å². The van der Waals surface area contributed by atoms with Crippen molar-refractivity contribution in [1.82, 2.24) is 0 Å². The molecule has 0 aliphatic carbocycles. The van der Waals surface area contributed by atoms with Gasteiger partial charge in [-0.2, -0.15) is 0 Å². The summed E-state index contributed by atoms with van der Waals surface area (Å²) in [5.74, 6) is 0. The Morgan fingerprint density at radius 1 is 0.905 bits per heavy atom. The molecule has 21 heavy (non-hydrogen) atoms. The Morgan fingerprint density at radius 3 is 2.00 bits per heavy atom. The predicted octanol–water partition coefficient (Wildman–Crippen LogP) is 6.15. The monoisotopic (exact) mass is 412 g/mol. The van der Waals surface area contributed by atoms with Gasteiger partial charge in [0.25, 0.3) is 0 Å². The van der Waals surface area contributed by atoms with Crippen LogP contribution in [0.5, 0.6) is 0 Å². The molecule has 0 aromatic heterocycles. The van der Waals surface area contributed by atoms with Crippen LogP contribution in [0.3, 0.4) is 0 Å². The summed E-state index contributed by atoms with van der Waals surface area (Å²) in [4.78, 5) is 0. The molecule has 0 spiro atoms. The number of hydrogen-bond donors (Lipinski definition) is 0. The van der Waals surface area contributed by atoms with Gasteiger partial charge in [-0.05, 0) is 0 Å². The van der Waals surface area contributed by atoms with Crippen LogP contribution in [0.2, 0.25) is 0 Å². The van der Waals surface area contributed by atoms with Gasteiger partial charge in [0.1, 0.15) is 0 Å². The zero-order valence-electron chi connectivity index (χ0n) is 14.2. The van der Waals surface area contributed by atoms with E-state index in [-0.39, 0.29) is 0 Å². The normalized spacial score (nSPS) is 11.8. The molecule has 0 aliphatic rings. The van der Waals surface area contributed by atoms with Crippen LogP contribution in [0.4, 0.5) is 0 Å². The van der Waals surface area contributed by atoms with Crippen molar-refractivity contribution in [1.29, 1.82) is 0 Å². The molecule has 2 radical (unpaired) electrons. The molecular formula is C19H32SSn. The molecule has 0 fully saturated rings. The van der Waals surface area contributed by atoms with E-state index < -0.39 is 0 Å². The average Bonchev–Trinajstić information content (AvgIpc) is 2.54. The van der Waals surface area contributed by atoms with Gasteiger partial charge >= 0.3 is 149 Å². The van der Waals surface area contributed by atoms with Gasteiger partial charge in [-0.3, -0.25) is 0 Å². The summed E-state index contributed by atoms with van der Waals surface area (Å²) in [6, 6.07) is 9.30. The van der Waals surface area contributed by atoms with Crippen molar-refractivity contribution in [2.45, 2.75) is 83.3 Å². The second-order valence-corrected chi connectivity index (χ2v) is 9.12. The van der Waals surface area contributed by atoms with Gasteiger partial charge in [-0.1, -0.05) is 0 Å². The van der Waals surface area contributed by atoms with Crippen LogP contribution < -0.4 is 0 Å². The third-order valence-electron chi connectivity index (χ3n) is 4.40. The molecule has 2 heteroatoms. The van der Waals surface area contributed by atoms with E-state index in [4.69, 9.17) is 0 Å². The second-order valence-electron chi connectivity index (χ2n) is 6.08. The summed E-state index contributed by atoms with van der Waals surface area (Å²) in [5, 5.41) is 0. The molecule has 0 saturated heterocycles.